The van der Waals surface area contributed by atoms with Crippen LogP contribution in [0.3, 0.4) is 0 Å². The van der Waals surface area contributed by atoms with Crippen LogP contribution in [0.25, 0.3) is 0 Å². The van der Waals surface area contributed by atoms with Crippen LogP contribution in [0.4, 0.5) is 19.0 Å². The molecule has 0 saturated heterocycles. The quantitative estimate of drug-likeness (QED) is 0.326. The van der Waals surface area contributed by atoms with E-state index in [-0.39, 0.29) is 4.60 Å². The third-order valence-corrected chi connectivity index (χ3v) is 5.46. The highest BCUT2D eigenvalue weighted by atomic mass is 79.9. The molecule has 0 aliphatic rings. The standard InChI is InChI=1S/C22H19BrClF3N2O2/c1-30-16-7-3-14(4-8-16)12-29(13-15-5-9-17(31-2)10-6-15)19-11-18(24)20(21(23)28-19)22(25,26)27/h3-11H,12-13H2,1-2H3. The molecule has 0 N–H and O–H groups in total. The average molecular weight is 516 g/mol. The molecule has 3 aromatic rings. The molecular weight excluding hydrogens is 497 g/mol. The molecule has 2 aromatic carbocycles. The number of anilines is 1. The van der Waals surface area contributed by atoms with Crippen molar-refractivity contribution in [1.82, 2.24) is 4.98 Å². The highest BCUT2D eigenvalue weighted by Crippen LogP contribution is 2.40. The van der Waals surface area contributed by atoms with Gasteiger partial charge in [-0.25, -0.2) is 4.98 Å². The van der Waals surface area contributed by atoms with Crippen molar-refractivity contribution >= 4 is 33.3 Å². The van der Waals surface area contributed by atoms with Gasteiger partial charge in [0.2, 0.25) is 0 Å². The average Bonchev–Trinajstić information content (AvgIpc) is 2.72. The molecule has 9 heteroatoms. The van der Waals surface area contributed by atoms with Gasteiger partial charge in [0, 0.05) is 19.2 Å². The highest BCUT2D eigenvalue weighted by Gasteiger charge is 2.37. The first-order valence-electron chi connectivity index (χ1n) is 9.15. The Labute approximate surface area is 191 Å². The van der Waals surface area contributed by atoms with Crippen molar-refractivity contribution in [2.75, 3.05) is 19.1 Å². The zero-order valence-corrected chi connectivity index (χ0v) is 19.1. The lowest BCUT2D eigenvalue weighted by atomic mass is 10.1. The van der Waals surface area contributed by atoms with Gasteiger partial charge in [-0.1, -0.05) is 35.9 Å². The van der Waals surface area contributed by atoms with Crippen LogP contribution < -0.4 is 14.4 Å². The summed E-state index contributed by atoms with van der Waals surface area (Å²) in [6.07, 6.45) is -4.61. The summed E-state index contributed by atoms with van der Waals surface area (Å²) < 4.78 is 49.9. The summed E-state index contributed by atoms with van der Waals surface area (Å²) in [5.74, 6) is 1.74. The van der Waals surface area contributed by atoms with E-state index in [4.69, 9.17) is 21.1 Å². The first-order chi connectivity index (χ1) is 14.7. The van der Waals surface area contributed by atoms with Gasteiger partial charge >= 0.3 is 6.18 Å². The first-order valence-corrected chi connectivity index (χ1v) is 10.3. The van der Waals surface area contributed by atoms with E-state index in [0.29, 0.717) is 30.4 Å². The van der Waals surface area contributed by atoms with E-state index in [2.05, 4.69) is 20.9 Å². The van der Waals surface area contributed by atoms with Gasteiger partial charge in [0.25, 0.3) is 0 Å². The summed E-state index contributed by atoms with van der Waals surface area (Å²) in [5.41, 5.74) is 0.873. The maximum absolute atomic E-state index is 13.3. The van der Waals surface area contributed by atoms with Crippen molar-refractivity contribution in [3.8, 4) is 11.5 Å². The van der Waals surface area contributed by atoms with Gasteiger partial charge in [-0.3, -0.25) is 0 Å². The Morgan fingerprint density at radius 3 is 1.71 bits per heavy atom. The van der Waals surface area contributed by atoms with Crippen LogP contribution in [0.2, 0.25) is 5.02 Å². The summed E-state index contributed by atoms with van der Waals surface area (Å²) >= 11 is 8.93. The molecule has 0 aliphatic carbocycles. The Morgan fingerprint density at radius 1 is 0.903 bits per heavy atom. The lowest BCUT2D eigenvalue weighted by Gasteiger charge is -2.25. The Balaban J connectivity index is 1.97. The second kappa shape index (κ2) is 9.78. The fourth-order valence-electron chi connectivity index (χ4n) is 3.01. The van der Waals surface area contributed by atoms with Gasteiger partial charge in [0.15, 0.2) is 0 Å². The number of ether oxygens (including phenoxy) is 2. The van der Waals surface area contributed by atoms with Crippen LogP contribution in [0.1, 0.15) is 16.7 Å². The predicted molar refractivity (Wildman–Crippen MR) is 118 cm³/mol. The number of benzene rings is 2. The largest absolute Gasteiger partial charge is 0.497 e. The molecule has 1 aromatic heterocycles. The molecule has 0 fully saturated rings. The molecule has 31 heavy (non-hydrogen) atoms. The van der Waals surface area contributed by atoms with Gasteiger partial charge in [-0.2, -0.15) is 13.2 Å². The van der Waals surface area contributed by atoms with Gasteiger partial charge in [-0.05, 0) is 51.3 Å². The summed E-state index contributed by atoms with van der Waals surface area (Å²) in [4.78, 5) is 6.00. The number of methoxy groups -OCH3 is 2. The molecule has 0 radical (unpaired) electrons. The summed E-state index contributed by atoms with van der Waals surface area (Å²) in [5, 5.41) is -0.418. The van der Waals surface area contributed by atoms with Crippen molar-refractivity contribution in [3.05, 3.63) is 80.9 Å². The summed E-state index contributed by atoms with van der Waals surface area (Å²) in [7, 11) is 3.16. The monoisotopic (exact) mass is 514 g/mol. The van der Waals surface area contributed by atoms with Crippen LogP contribution in [-0.4, -0.2) is 19.2 Å². The molecule has 4 nitrogen and oxygen atoms in total. The van der Waals surface area contributed by atoms with Crippen molar-refractivity contribution < 1.29 is 22.6 Å². The Bertz CT molecular complexity index is 956. The second-order valence-electron chi connectivity index (χ2n) is 6.68. The minimum Gasteiger partial charge on any atom is -0.497 e. The number of hydrogen-bond donors (Lipinski definition) is 0. The molecule has 0 unspecified atom stereocenters. The second-order valence-corrected chi connectivity index (χ2v) is 7.84. The SMILES string of the molecule is COc1ccc(CN(Cc2ccc(OC)cc2)c2cc(Cl)c(C(F)(F)F)c(Br)n2)cc1. The van der Waals surface area contributed by atoms with E-state index < -0.39 is 16.8 Å². The van der Waals surface area contributed by atoms with E-state index in [9.17, 15) is 13.2 Å². The van der Waals surface area contributed by atoms with Gasteiger partial charge in [-0.15, -0.1) is 0 Å². The molecule has 0 aliphatic heterocycles. The number of nitrogens with zero attached hydrogens (tertiary/aromatic N) is 2. The van der Waals surface area contributed by atoms with Crippen molar-refractivity contribution in [1.29, 1.82) is 0 Å². The molecular formula is C22H19BrClF3N2O2. The number of rotatable bonds is 7. The summed E-state index contributed by atoms with van der Waals surface area (Å²) in [6.45, 7) is 0.800. The lowest BCUT2D eigenvalue weighted by molar-refractivity contribution is -0.138. The van der Waals surface area contributed by atoms with E-state index in [0.717, 1.165) is 11.1 Å². The van der Waals surface area contributed by atoms with Crippen LogP contribution >= 0.6 is 27.5 Å². The number of hydrogen-bond acceptors (Lipinski definition) is 4. The van der Waals surface area contributed by atoms with Crippen molar-refractivity contribution in [2.24, 2.45) is 0 Å². The first kappa shape index (κ1) is 23.2. The molecule has 1 heterocycles. The van der Waals surface area contributed by atoms with E-state index in [1.807, 2.05) is 53.4 Å². The number of halogens is 5. The smallest absolute Gasteiger partial charge is 0.420 e. The molecule has 0 bridgehead atoms. The minimum atomic E-state index is -4.61. The zero-order valence-electron chi connectivity index (χ0n) is 16.7. The number of pyridine rings is 1. The van der Waals surface area contributed by atoms with Gasteiger partial charge in [0.1, 0.15) is 27.5 Å². The van der Waals surface area contributed by atoms with Crippen molar-refractivity contribution in [3.63, 3.8) is 0 Å². The van der Waals surface area contributed by atoms with E-state index in [1.54, 1.807) is 14.2 Å². The van der Waals surface area contributed by atoms with Crippen LogP contribution in [0.15, 0.2) is 59.2 Å². The molecule has 0 spiro atoms. The number of alkyl halides is 3. The predicted octanol–water partition coefficient (Wildman–Crippen LogP) is 6.74. The van der Waals surface area contributed by atoms with Crippen molar-refractivity contribution in [2.45, 2.75) is 19.3 Å². The van der Waals surface area contributed by atoms with Gasteiger partial charge < -0.3 is 14.4 Å². The van der Waals surface area contributed by atoms with Gasteiger partial charge in [0.05, 0.1) is 19.2 Å². The molecule has 3 rings (SSSR count). The van der Waals surface area contributed by atoms with Crippen LogP contribution in [-0.2, 0) is 19.3 Å². The van der Waals surface area contributed by atoms with E-state index >= 15 is 0 Å². The highest BCUT2D eigenvalue weighted by molar-refractivity contribution is 9.10. The lowest BCUT2D eigenvalue weighted by Crippen LogP contribution is -2.24. The van der Waals surface area contributed by atoms with E-state index in [1.165, 1.54) is 6.07 Å². The topological polar surface area (TPSA) is 34.6 Å². The third kappa shape index (κ3) is 5.83. The molecule has 0 saturated carbocycles. The Hall–Kier alpha value is -2.45. The maximum atomic E-state index is 13.3. The third-order valence-electron chi connectivity index (χ3n) is 4.59. The Kier molecular flexibility index (Phi) is 7.33. The van der Waals surface area contributed by atoms with Crippen LogP contribution in [0.5, 0.6) is 11.5 Å². The molecule has 164 valence electrons. The molecule has 0 atom stereocenters. The zero-order chi connectivity index (χ0) is 22.6. The summed E-state index contributed by atoms with van der Waals surface area (Å²) in [6, 6.07) is 16.1. The van der Waals surface area contributed by atoms with Crippen LogP contribution in [0, 0.1) is 0 Å². The fraction of sp³-hybridized carbons (Fsp3) is 0.227. The minimum absolute atomic E-state index is 0.316. The number of aromatic nitrogens is 1. The normalized spacial score (nSPS) is 11.3. The molecule has 0 amide bonds. The maximum Gasteiger partial charge on any atom is 0.420 e. The fourth-order valence-corrected chi connectivity index (χ4v) is 4.04. The Morgan fingerprint density at radius 2 is 1.35 bits per heavy atom.